The molecule has 94 valence electrons. The van der Waals surface area contributed by atoms with E-state index >= 15 is 0 Å². The lowest BCUT2D eigenvalue weighted by Gasteiger charge is -2.15. The van der Waals surface area contributed by atoms with Gasteiger partial charge in [0.05, 0.1) is 0 Å². The van der Waals surface area contributed by atoms with Crippen molar-refractivity contribution in [2.75, 3.05) is 6.54 Å². The number of carbonyl (C=O) groups is 1. The molecule has 0 aromatic heterocycles. The maximum atomic E-state index is 10.3. The van der Waals surface area contributed by atoms with E-state index < -0.39 is 5.97 Å². The summed E-state index contributed by atoms with van der Waals surface area (Å²) in [4.78, 5) is 10.3. The molecule has 0 saturated carbocycles. The Hall–Kier alpha value is -1.75. The minimum atomic E-state index is -0.813. The van der Waals surface area contributed by atoms with Gasteiger partial charge in [0.25, 0.3) is 0 Å². The number of aliphatic carboxylic acids is 1. The van der Waals surface area contributed by atoms with E-state index in [1.807, 2.05) is 6.92 Å². The lowest BCUT2D eigenvalue weighted by molar-refractivity contribution is -0.137. The lowest BCUT2D eigenvalue weighted by Crippen LogP contribution is -2.20. The number of nitrogens with one attached hydrogen (secondary N) is 1. The van der Waals surface area contributed by atoms with Crippen LogP contribution in [0.5, 0.6) is 11.5 Å². The van der Waals surface area contributed by atoms with Crippen molar-refractivity contribution in [1.82, 2.24) is 5.32 Å². The second-order valence-corrected chi connectivity index (χ2v) is 3.92. The Bertz CT molecular complexity index is 392. The summed E-state index contributed by atoms with van der Waals surface area (Å²) < 4.78 is 0. The lowest BCUT2D eigenvalue weighted by atomic mass is 10.1. The summed E-state index contributed by atoms with van der Waals surface area (Å²) in [6, 6.07) is 4.33. The van der Waals surface area contributed by atoms with E-state index in [1.54, 1.807) is 6.07 Å². The van der Waals surface area contributed by atoms with Gasteiger partial charge in [0.1, 0.15) is 11.5 Å². The van der Waals surface area contributed by atoms with Crippen molar-refractivity contribution in [2.24, 2.45) is 0 Å². The molecule has 0 heterocycles. The molecule has 0 saturated heterocycles. The van der Waals surface area contributed by atoms with Gasteiger partial charge in [0, 0.05) is 24.1 Å². The minimum absolute atomic E-state index is 0.0179. The summed E-state index contributed by atoms with van der Waals surface area (Å²) in [5.41, 5.74) is 0.679. The zero-order valence-electron chi connectivity index (χ0n) is 9.68. The van der Waals surface area contributed by atoms with Crippen LogP contribution in [0.25, 0.3) is 0 Å². The molecule has 5 nitrogen and oxygen atoms in total. The molecule has 0 aliphatic carbocycles. The van der Waals surface area contributed by atoms with Crippen LogP contribution in [0.2, 0.25) is 0 Å². The van der Waals surface area contributed by atoms with Gasteiger partial charge < -0.3 is 20.6 Å². The highest BCUT2D eigenvalue weighted by Gasteiger charge is 2.10. The van der Waals surface area contributed by atoms with Gasteiger partial charge in [-0.3, -0.25) is 4.79 Å². The highest BCUT2D eigenvalue weighted by Crippen LogP contribution is 2.27. The van der Waals surface area contributed by atoms with Gasteiger partial charge in [-0.05, 0) is 26.0 Å². The Morgan fingerprint density at radius 3 is 2.71 bits per heavy atom. The number of carboxylic acid groups (broad SMARTS) is 1. The van der Waals surface area contributed by atoms with Gasteiger partial charge in [-0.25, -0.2) is 0 Å². The fourth-order valence-corrected chi connectivity index (χ4v) is 1.57. The van der Waals surface area contributed by atoms with E-state index in [9.17, 15) is 9.90 Å². The van der Waals surface area contributed by atoms with E-state index in [0.717, 1.165) is 0 Å². The smallest absolute Gasteiger partial charge is 0.303 e. The summed E-state index contributed by atoms with van der Waals surface area (Å²) >= 11 is 0. The van der Waals surface area contributed by atoms with E-state index in [1.165, 1.54) is 12.1 Å². The number of hydrogen-bond donors (Lipinski definition) is 4. The van der Waals surface area contributed by atoms with Gasteiger partial charge >= 0.3 is 5.97 Å². The van der Waals surface area contributed by atoms with Crippen LogP contribution in [0, 0.1) is 0 Å². The SMILES string of the molecule is CC(NCCCC(=O)O)c1ccc(O)cc1O. The van der Waals surface area contributed by atoms with Crippen molar-refractivity contribution in [3.05, 3.63) is 23.8 Å². The van der Waals surface area contributed by atoms with E-state index in [-0.39, 0.29) is 24.0 Å². The number of carboxylic acids is 1. The van der Waals surface area contributed by atoms with E-state index in [0.29, 0.717) is 18.5 Å². The van der Waals surface area contributed by atoms with Crippen LogP contribution in [0.3, 0.4) is 0 Å². The number of rotatable bonds is 6. The number of aromatic hydroxyl groups is 2. The summed E-state index contributed by atoms with van der Waals surface area (Å²) in [6.07, 6.45) is 0.666. The molecule has 0 bridgehead atoms. The first-order valence-corrected chi connectivity index (χ1v) is 5.47. The highest BCUT2D eigenvalue weighted by molar-refractivity contribution is 5.66. The summed E-state index contributed by atoms with van der Waals surface area (Å²) in [6.45, 7) is 2.43. The average Bonchev–Trinajstić information content (AvgIpc) is 2.23. The Kier molecular flexibility index (Phi) is 4.78. The van der Waals surface area contributed by atoms with Crippen LogP contribution in [0.15, 0.2) is 18.2 Å². The number of benzene rings is 1. The van der Waals surface area contributed by atoms with Crippen molar-refractivity contribution in [1.29, 1.82) is 0 Å². The predicted octanol–water partition coefficient (Wildman–Crippen LogP) is 1.61. The second kappa shape index (κ2) is 6.10. The predicted molar refractivity (Wildman–Crippen MR) is 63.1 cm³/mol. The molecular formula is C12H17NO4. The summed E-state index contributed by atoms with van der Waals surface area (Å²) in [7, 11) is 0. The molecular weight excluding hydrogens is 222 g/mol. The van der Waals surface area contributed by atoms with Crippen molar-refractivity contribution in [3.8, 4) is 11.5 Å². The monoisotopic (exact) mass is 239 g/mol. The highest BCUT2D eigenvalue weighted by atomic mass is 16.4. The molecule has 1 aromatic carbocycles. The van der Waals surface area contributed by atoms with Gasteiger partial charge in [-0.2, -0.15) is 0 Å². The van der Waals surface area contributed by atoms with Gasteiger partial charge in [0.15, 0.2) is 0 Å². The molecule has 0 fully saturated rings. The van der Waals surface area contributed by atoms with Crippen molar-refractivity contribution >= 4 is 5.97 Å². The molecule has 17 heavy (non-hydrogen) atoms. The Morgan fingerprint density at radius 2 is 2.12 bits per heavy atom. The Labute approximate surface area is 99.7 Å². The molecule has 0 aliphatic rings. The first-order chi connectivity index (χ1) is 8.00. The molecule has 4 N–H and O–H groups in total. The molecule has 1 atom stereocenters. The third kappa shape index (κ3) is 4.32. The largest absolute Gasteiger partial charge is 0.508 e. The summed E-state index contributed by atoms with van der Waals surface area (Å²) in [5, 5.41) is 30.3. The number of phenols is 2. The van der Waals surface area contributed by atoms with Crippen molar-refractivity contribution < 1.29 is 20.1 Å². The Balaban J connectivity index is 2.46. The maximum absolute atomic E-state index is 10.3. The van der Waals surface area contributed by atoms with Crippen LogP contribution in [-0.2, 0) is 4.79 Å². The van der Waals surface area contributed by atoms with Gasteiger partial charge in [0.2, 0.25) is 0 Å². The zero-order valence-corrected chi connectivity index (χ0v) is 9.68. The van der Waals surface area contributed by atoms with Crippen molar-refractivity contribution in [3.63, 3.8) is 0 Å². The first-order valence-electron chi connectivity index (χ1n) is 5.47. The van der Waals surface area contributed by atoms with Crippen LogP contribution in [0.4, 0.5) is 0 Å². The standard InChI is InChI=1S/C12H17NO4/c1-8(13-6-2-3-12(16)17)10-5-4-9(14)7-11(10)15/h4-5,7-8,13-15H,2-3,6H2,1H3,(H,16,17). The van der Waals surface area contributed by atoms with E-state index in [2.05, 4.69) is 5.32 Å². The third-order valence-electron chi connectivity index (χ3n) is 2.50. The quantitative estimate of drug-likeness (QED) is 0.566. The Morgan fingerprint density at radius 1 is 1.41 bits per heavy atom. The van der Waals surface area contributed by atoms with Gasteiger partial charge in [-0.15, -0.1) is 0 Å². The molecule has 1 aromatic rings. The minimum Gasteiger partial charge on any atom is -0.508 e. The zero-order chi connectivity index (χ0) is 12.8. The van der Waals surface area contributed by atoms with Crippen LogP contribution in [-0.4, -0.2) is 27.8 Å². The molecule has 0 spiro atoms. The second-order valence-electron chi connectivity index (χ2n) is 3.92. The van der Waals surface area contributed by atoms with Crippen LogP contribution in [0.1, 0.15) is 31.4 Å². The molecule has 5 heteroatoms. The fraction of sp³-hybridized carbons (Fsp3) is 0.417. The van der Waals surface area contributed by atoms with Crippen LogP contribution < -0.4 is 5.32 Å². The van der Waals surface area contributed by atoms with E-state index in [4.69, 9.17) is 10.2 Å². The van der Waals surface area contributed by atoms with Gasteiger partial charge in [-0.1, -0.05) is 6.07 Å². The topological polar surface area (TPSA) is 89.8 Å². The molecule has 1 unspecified atom stereocenters. The third-order valence-corrected chi connectivity index (χ3v) is 2.50. The first kappa shape index (κ1) is 13.3. The fourth-order valence-electron chi connectivity index (χ4n) is 1.57. The molecule has 0 radical (unpaired) electrons. The number of phenolic OH excluding ortho intramolecular Hbond substituents is 2. The van der Waals surface area contributed by atoms with Crippen molar-refractivity contribution in [2.45, 2.75) is 25.8 Å². The normalized spacial score (nSPS) is 12.3. The number of hydrogen-bond acceptors (Lipinski definition) is 4. The maximum Gasteiger partial charge on any atom is 0.303 e. The summed E-state index contributed by atoms with van der Waals surface area (Å²) in [5.74, 6) is -0.764. The molecule has 0 amide bonds. The average molecular weight is 239 g/mol. The van der Waals surface area contributed by atoms with Crippen LogP contribution >= 0.6 is 0 Å². The molecule has 0 aliphatic heterocycles. The molecule has 1 rings (SSSR count).